The number of hydrogen-bond acceptors (Lipinski definition) is 5. The van der Waals surface area contributed by atoms with Gasteiger partial charge in [-0.1, -0.05) is 0 Å². The Morgan fingerprint density at radius 2 is 2.39 bits per heavy atom. The van der Waals surface area contributed by atoms with Crippen molar-refractivity contribution in [3.63, 3.8) is 0 Å². The number of rotatable bonds is 3. The van der Waals surface area contributed by atoms with Crippen LogP contribution in [0.25, 0.3) is 0 Å². The van der Waals surface area contributed by atoms with Gasteiger partial charge in [0.25, 0.3) is 10.0 Å². The van der Waals surface area contributed by atoms with Crippen molar-refractivity contribution < 1.29 is 13.2 Å². The fourth-order valence-corrected chi connectivity index (χ4v) is 3.37. The van der Waals surface area contributed by atoms with Crippen molar-refractivity contribution in [3.05, 3.63) is 12.3 Å². The zero-order chi connectivity index (χ0) is 13.2. The van der Waals surface area contributed by atoms with Crippen molar-refractivity contribution >= 4 is 15.9 Å². The molecular formula is C9H15N5O3S. The average molecular weight is 273 g/mol. The number of likely N-dealkylation sites (N-methyl/N-ethyl adjacent to an activating group) is 1. The maximum absolute atomic E-state index is 12.3. The third-order valence-corrected chi connectivity index (χ3v) is 4.64. The van der Waals surface area contributed by atoms with Crippen LogP contribution in [-0.2, 0) is 14.8 Å². The third-order valence-electron chi connectivity index (χ3n) is 2.81. The molecule has 1 aliphatic heterocycles. The zero-order valence-electron chi connectivity index (χ0n) is 9.88. The summed E-state index contributed by atoms with van der Waals surface area (Å²) in [4.78, 5) is 11.7. The number of hydrogen-bond donors (Lipinski definition) is 3. The molecule has 2 rings (SSSR count). The molecule has 18 heavy (non-hydrogen) atoms. The summed E-state index contributed by atoms with van der Waals surface area (Å²) in [5.74, 6) is -0.328. The topological polar surface area (TPSA) is 107 Å². The number of sulfonamides is 1. The van der Waals surface area contributed by atoms with Crippen LogP contribution < -0.4 is 10.6 Å². The number of amides is 1. The number of piperazine rings is 1. The van der Waals surface area contributed by atoms with Crippen molar-refractivity contribution in [3.8, 4) is 0 Å². The van der Waals surface area contributed by atoms with Crippen LogP contribution in [-0.4, -0.2) is 61.6 Å². The van der Waals surface area contributed by atoms with Crippen molar-refractivity contribution in [2.24, 2.45) is 0 Å². The maximum atomic E-state index is 12.3. The number of nitrogens with zero attached hydrogens (tertiary/aromatic N) is 2. The first-order valence-electron chi connectivity index (χ1n) is 5.51. The van der Waals surface area contributed by atoms with E-state index >= 15 is 0 Å². The van der Waals surface area contributed by atoms with Crippen LogP contribution >= 0.6 is 0 Å². The molecule has 3 N–H and O–H groups in total. The molecule has 0 aromatic carbocycles. The number of nitrogens with one attached hydrogen (secondary N) is 3. The maximum Gasteiger partial charge on any atom is 0.260 e. The summed E-state index contributed by atoms with van der Waals surface area (Å²) in [6.07, 6.45) is 1.37. The lowest BCUT2D eigenvalue weighted by Gasteiger charge is -2.33. The van der Waals surface area contributed by atoms with E-state index in [9.17, 15) is 13.2 Å². The number of H-pyrrole nitrogens is 1. The van der Waals surface area contributed by atoms with Gasteiger partial charge in [-0.05, 0) is 6.07 Å². The Bertz CT molecular complexity index is 512. The minimum Gasteiger partial charge on any atom is -0.358 e. The van der Waals surface area contributed by atoms with Gasteiger partial charge >= 0.3 is 0 Å². The second kappa shape index (κ2) is 5.04. The molecule has 1 saturated heterocycles. The van der Waals surface area contributed by atoms with Crippen LogP contribution in [0.15, 0.2) is 17.3 Å². The van der Waals surface area contributed by atoms with Crippen LogP contribution in [0, 0.1) is 0 Å². The van der Waals surface area contributed by atoms with E-state index in [4.69, 9.17) is 0 Å². The van der Waals surface area contributed by atoms with Gasteiger partial charge in [0.05, 0.1) is 6.20 Å². The van der Waals surface area contributed by atoms with Gasteiger partial charge in [-0.25, -0.2) is 8.42 Å². The molecule has 100 valence electrons. The highest BCUT2D eigenvalue weighted by atomic mass is 32.2. The lowest BCUT2D eigenvalue weighted by atomic mass is 10.2. The molecular weight excluding hydrogens is 258 g/mol. The molecule has 1 aliphatic rings. The molecule has 8 nitrogen and oxygen atoms in total. The van der Waals surface area contributed by atoms with E-state index in [2.05, 4.69) is 20.8 Å². The zero-order valence-corrected chi connectivity index (χ0v) is 10.7. The van der Waals surface area contributed by atoms with Crippen molar-refractivity contribution in [2.75, 3.05) is 26.7 Å². The van der Waals surface area contributed by atoms with Crippen LogP contribution in [0.5, 0.6) is 0 Å². The molecule has 0 spiro atoms. The largest absolute Gasteiger partial charge is 0.358 e. The van der Waals surface area contributed by atoms with Gasteiger partial charge in [0.2, 0.25) is 5.91 Å². The quantitative estimate of drug-likeness (QED) is 0.597. The molecule has 1 atom stereocenters. The Hall–Kier alpha value is -1.45. The van der Waals surface area contributed by atoms with Crippen molar-refractivity contribution in [1.29, 1.82) is 0 Å². The highest BCUT2D eigenvalue weighted by Gasteiger charge is 2.37. The van der Waals surface area contributed by atoms with Crippen LogP contribution in [0.1, 0.15) is 0 Å². The molecule has 0 aliphatic carbocycles. The molecule has 9 heteroatoms. The number of aromatic nitrogens is 2. The third kappa shape index (κ3) is 2.24. The van der Waals surface area contributed by atoms with Crippen LogP contribution in [0.4, 0.5) is 0 Å². The number of aromatic amines is 1. The summed E-state index contributed by atoms with van der Waals surface area (Å²) in [5.41, 5.74) is 0. The average Bonchev–Trinajstić information content (AvgIpc) is 2.92. The Morgan fingerprint density at radius 1 is 1.61 bits per heavy atom. The van der Waals surface area contributed by atoms with Crippen molar-refractivity contribution in [1.82, 2.24) is 25.1 Å². The van der Waals surface area contributed by atoms with E-state index in [1.807, 2.05) is 0 Å². The second-order valence-corrected chi connectivity index (χ2v) is 5.73. The van der Waals surface area contributed by atoms with Gasteiger partial charge < -0.3 is 10.6 Å². The number of carbonyl (C=O) groups is 1. The van der Waals surface area contributed by atoms with Gasteiger partial charge in [-0.2, -0.15) is 9.40 Å². The lowest BCUT2D eigenvalue weighted by molar-refractivity contribution is -0.124. The van der Waals surface area contributed by atoms with E-state index in [0.717, 1.165) is 0 Å². The number of carbonyl (C=O) groups excluding carboxylic acids is 1. The predicted octanol–water partition coefficient (Wildman–Crippen LogP) is -1.88. The molecule has 1 amide bonds. The van der Waals surface area contributed by atoms with Gasteiger partial charge in [0.15, 0.2) is 5.03 Å². The monoisotopic (exact) mass is 273 g/mol. The fourth-order valence-electron chi connectivity index (χ4n) is 1.88. The first-order valence-corrected chi connectivity index (χ1v) is 6.95. The van der Waals surface area contributed by atoms with Gasteiger partial charge in [0, 0.05) is 26.7 Å². The summed E-state index contributed by atoms with van der Waals surface area (Å²) in [7, 11) is -2.22. The lowest BCUT2D eigenvalue weighted by Crippen LogP contribution is -2.59. The van der Waals surface area contributed by atoms with E-state index in [1.54, 1.807) is 0 Å². The molecule has 2 heterocycles. The second-order valence-electron chi connectivity index (χ2n) is 3.87. The normalized spacial score (nSPS) is 21.7. The van der Waals surface area contributed by atoms with Gasteiger partial charge in [0.1, 0.15) is 6.04 Å². The molecule has 1 unspecified atom stereocenters. The van der Waals surface area contributed by atoms with E-state index < -0.39 is 16.1 Å². The Kier molecular flexibility index (Phi) is 3.64. The summed E-state index contributed by atoms with van der Waals surface area (Å²) in [6, 6.07) is 0.634. The Labute approximate surface area is 105 Å². The Balaban J connectivity index is 2.32. The standard InChI is InChI=1S/C9H15N5O3S/c1-10-9(15)7-6-11-4-5-14(7)18(16,17)8-2-3-12-13-8/h2-3,7,11H,4-6H2,1H3,(H,10,15)(H,12,13). The van der Waals surface area contributed by atoms with Crippen LogP contribution in [0.3, 0.4) is 0 Å². The summed E-state index contributed by atoms with van der Waals surface area (Å²) in [5, 5.41) is 11.5. The molecule has 1 aromatic rings. The first kappa shape index (κ1) is 13.0. The molecule has 1 fully saturated rings. The molecule has 1 aromatic heterocycles. The predicted molar refractivity (Wildman–Crippen MR) is 63.2 cm³/mol. The molecule has 0 saturated carbocycles. The Morgan fingerprint density at radius 3 is 3.00 bits per heavy atom. The van der Waals surface area contributed by atoms with E-state index in [0.29, 0.717) is 13.1 Å². The fraction of sp³-hybridized carbons (Fsp3) is 0.556. The van der Waals surface area contributed by atoms with E-state index in [1.165, 1.54) is 23.6 Å². The first-order chi connectivity index (χ1) is 8.57. The van der Waals surface area contributed by atoms with Gasteiger partial charge in [-0.3, -0.25) is 9.89 Å². The SMILES string of the molecule is CNC(=O)C1CNCCN1S(=O)(=O)c1ccn[nH]1. The smallest absolute Gasteiger partial charge is 0.260 e. The molecule has 0 radical (unpaired) electrons. The summed E-state index contributed by atoms with van der Waals surface area (Å²) in [6.45, 7) is 1.06. The van der Waals surface area contributed by atoms with E-state index in [-0.39, 0.29) is 17.5 Å². The molecule has 0 bridgehead atoms. The summed E-state index contributed by atoms with van der Waals surface area (Å²) >= 11 is 0. The van der Waals surface area contributed by atoms with Crippen molar-refractivity contribution in [2.45, 2.75) is 11.1 Å². The van der Waals surface area contributed by atoms with Crippen LogP contribution in [0.2, 0.25) is 0 Å². The van der Waals surface area contributed by atoms with Gasteiger partial charge in [-0.15, -0.1) is 0 Å². The highest BCUT2D eigenvalue weighted by molar-refractivity contribution is 7.89. The minimum atomic E-state index is -3.71. The minimum absolute atomic E-state index is 0.00157. The highest BCUT2D eigenvalue weighted by Crippen LogP contribution is 2.17. The summed E-state index contributed by atoms with van der Waals surface area (Å²) < 4.78 is 25.8.